The second-order valence-corrected chi connectivity index (χ2v) is 7.32. The summed E-state index contributed by atoms with van der Waals surface area (Å²) >= 11 is 0.996. The first kappa shape index (κ1) is 22.3. The predicted molar refractivity (Wildman–Crippen MR) is 103 cm³/mol. The van der Waals surface area contributed by atoms with Crippen LogP contribution in [0.4, 0.5) is 0 Å². The molecule has 1 aromatic heterocycles. The second kappa shape index (κ2) is 9.82. The highest BCUT2D eigenvalue weighted by Crippen LogP contribution is 2.26. The average molecular weight is 402 g/mol. The van der Waals surface area contributed by atoms with E-state index in [0.717, 1.165) is 17.1 Å². The predicted octanol–water partition coefficient (Wildman–Crippen LogP) is 2.54. The van der Waals surface area contributed by atoms with Gasteiger partial charge in [-0.05, 0) is 56.6 Å². The Morgan fingerprint density at radius 2 is 1.96 bits per heavy atom. The lowest BCUT2D eigenvalue weighted by Gasteiger charge is -2.22. The van der Waals surface area contributed by atoms with E-state index in [4.69, 9.17) is 9.47 Å². The van der Waals surface area contributed by atoms with E-state index >= 15 is 0 Å². The maximum Gasteiger partial charge on any atom is 0.352 e. The van der Waals surface area contributed by atoms with Gasteiger partial charge in [0, 0.05) is 17.6 Å². The smallest absolute Gasteiger partial charge is 0.352 e. The van der Waals surface area contributed by atoms with Crippen molar-refractivity contribution >= 4 is 29.9 Å². The number of rotatable bonds is 7. The van der Waals surface area contributed by atoms with Crippen LogP contribution in [0.2, 0.25) is 0 Å². The van der Waals surface area contributed by atoms with Crippen molar-refractivity contribution in [1.29, 1.82) is 0 Å². The van der Waals surface area contributed by atoms with Crippen LogP contribution in [0.25, 0.3) is 11.3 Å². The molecule has 144 valence electrons. The molecule has 0 saturated heterocycles. The third-order valence-electron chi connectivity index (χ3n) is 3.30. The Kier molecular flexibility index (Phi) is 8.42. The molecule has 26 heavy (non-hydrogen) atoms. The van der Waals surface area contributed by atoms with Crippen molar-refractivity contribution in [3.05, 3.63) is 29.1 Å². The summed E-state index contributed by atoms with van der Waals surface area (Å²) in [4.78, 5) is 12.1. The third-order valence-corrected chi connectivity index (χ3v) is 4.00. The number of β-amino-alcohol motifs (C(OH)–C–C–N with tert-alkyl or cyclic N) is 1. The molecule has 2 aromatic rings. The molecule has 0 fully saturated rings. The summed E-state index contributed by atoms with van der Waals surface area (Å²) in [7, 11) is 1.32. The monoisotopic (exact) mass is 401 g/mol. The highest BCUT2D eigenvalue weighted by molar-refractivity contribution is 7.08. The van der Waals surface area contributed by atoms with E-state index in [-0.39, 0.29) is 24.6 Å². The number of methoxy groups -OCH3 is 1. The van der Waals surface area contributed by atoms with Crippen molar-refractivity contribution in [3.8, 4) is 17.0 Å². The lowest BCUT2D eigenvalue weighted by Crippen LogP contribution is -2.42. The van der Waals surface area contributed by atoms with Crippen LogP contribution in [0.3, 0.4) is 0 Å². The number of esters is 1. The maximum atomic E-state index is 11.7. The number of hydrogen-bond acceptors (Lipinski definition) is 8. The number of aliphatic hydroxyl groups excluding tert-OH is 1. The van der Waals surface area contributed by atoms with Gasteiger partial charge in [-0.25, -0.2) is 4.79 Å². The van der Waals surface area contributed by atoms with Gasteiger partial charge in [-0.3, -0.25) is 0 Å². The summed E-state index contributed by atoms with van der Waals surface area (Å²) in [6.07, 6.45) is -0.604. The Labute approximate surface area is 163 Å². The topological polar surface area (TPSA) is 93.6 Å². The first-order valence-electron chi connectivity index (χ1n) is 7.87. The molecule has 0 radical (unpaired) electrons. The van der Waals surface area contributed by atoms with E-state index in [1.807, 2.05) is 20.8 Å². The van der Waals surface area contributed by atoms with Crippen LogP contribution >= 0.6 is 23.9 Å². The zero-order valence-corrected chi connectivity index (χ0v) is 16.8. The molecule has 9 heteroatoms. The van der Waals surface area contributed by atoms with Crippen molar-refractivity contribution in [1.82, 2.24) is 14.9 Å². The van der Waals surface area contributed by atoms with Gasteiger partial charge in [0.1, 0.15) is 24.2 Å². The van der Waals surface area contributed by atoms with Gasteiger partial charge < -0.3 is 19.9 Å². The van der Waals surface area contributed by atoms with Crippen molar-refractivity contribution in [2.45, 2.75) is 32.4 Å². The summed E-state index contributed by atoms with van der Waals surface area (Å²) in [5.74, 6) is 0.168. The highest BCUT2D eigenvalue weighted by atomic mass is 35.5. The van der Waals surface area contributed by atoms with E-state index in [1.54, 1.807) is 24.3 Å². The number of aliphatic hydroxyl groups is 1. The summed E-state index contributed by atoms with van der Waals surface area (Å²) in [6.45, 7) is 6.75. The van der Waals surface area contributed by atoms with Crippen LogP contribution in [0.1, 0.15) is 30.4 Å². The average Bonchev–Trinajstić information content (AvgIpc) is 3.07. The Bertz CT molecular complexity index is 701. The zero-order chi connectivity index (χ0) is 18.4. The van der Waals surface area contributed by atoms with Gasteiger partial charge in [0.25, 0.3) is 0 Å². The number of hydrogen-bond donors (Lipinski definition) is 2. The summed E-state index contributed by atoms with van der Waals surface area (Å²) in [6, 6.07) is 7.11. The zero-order valence-electron chi connectivity index (χ0n) is 15.2. The lowest BCUT2D eigenvalue weighted by molar-refractivity contribution is 0.0607. The Balaban J connectivity index is 0.00000338. The minimum absolute atomic E-state index is 0. The van der Waals surface area contributed by atoms with E-state index in [2.05, 4.69) is 14.9 Å². The lowest BCUT2D eigenvalue weighted by atomic mass is 10.1. The molecule has 1 aromatic carbocycles. The molecule has 7 nitrogen and oxygen atoms in total. The minimum atomic E-state index is -0.604. The molecule has 2 rings (SSSR count). The fourth-order valence-corrected chi connectivity index (χ4v) is 2.60. The third kappa shape index (κ3) is 6.53. The number of nitrogens with one attached hydrogen (secondary N) is 1. The molecular weight excluding hydrogens is 378 g/mol. The van der Waals surface area contributed by atoms with Crippen molar-refractivity contribution in [2.75, 3.05) is 20.3 Å². The number of nitrogens with zero attached hydrogens (tertiary/aromatic N) is 2. The first-order chi connectivity index (χ1) is 11.8. The molecule has 1 heterocycles. The number of aromatic nitrogens is 2. The summed E-state index contributed by atoms with van der Waals surface area (Å²) in [5, 5.41) is 17.2. The van der Waals surface area contributed by atoms with Crippen LogP contribution in [0.5, 0.6) is 5.75 Å². The van der Waals surface area contributed by atoms with Crippen LogP contribution in [-0.2, 0) is 4.74 Å². The van der Waals surface area contributed by atoms with Crippen molar-refractivity contribution in [2.24, 2.45) is 0 Å². The summed E-state index contributed by atoms with van der Waals surface area (Å²) in [5.41, 5.74) is 1.18. The highest BCUT2D eigenvalue weighted by Gasteiger charge is 2.18. The van der Waals surface area contributed by atoms with Crippen LogP contribution in [-0.4, -0.2) is 52.6 Å². The SMILES string of the molecule is COC(=O)c1snnc1-c1ccc(OCC(O)CNC(C)(C)C)cc1.Cl. The molecule has 0 spiro atoms. The molecule has 0 aliphatic rings. The van der Waals surface area contributed by atoms with Crippen molar-refractivity contribution in [3.63, 3.8) is 0 Å². The number of benzene rings is 1. The van der Waals surface area contributed by atoms with Gasteiger partial charge in [0.05, 0.1) is 7.11 Å². The molecular formula is C17H24ClN3O4S. The van der Waals surface area contributed by atoms with E-state index in [1.165, 1.54) is 7.11 Å². The molecule has 0 saturated carbocycles. The Morgan fingerprint density at radius 1 is 1.31 bits per heavy atom. The number of carbonyl (C=O) groups excluding carboxylic acids is 1. The molecule has 2 N–H and O–H groups in total. The fourth-order valence-electron chi connectivity index (χ4n) is 1.99. The van der Waals surface area contributed by atoms with Crippen molar-refractivity contribution < 1.29 is 19.4 Å². The standard InChI is InChI=1S/C17H23N3O4S.ClH/c1-17(2,3)18-9-12(21)10-24-13-7-5-11(6-8-13)14-15(16(22)23-4)25-20-19-14;/h5-8,12,18,21H,9-10H2,1-4H3;1H. The molecule has 0 aliphatic carbocycles. The van der Waals surface area contributed by atoms with Gasteiger partial charge in [0.2, 0.25) is 0 Å². The normalized spacial score (nSPS) is 12.2. The van der Waals surface area contributed by atoms with Crippen LogP contribution in [0, 0.1) is 0 Å². The van der Waals surface area contributed by atoms with Crippen LogP contribution < -0.4 is 10.1 Å². The Morgan fingerprint density at radius 3 is 2.54 bits per heavy atom. The van der Waals surface area contributed by atoms with Gasteiger partial charge in [-0.15, -0.1) is 17.5 Å². The minimum Gasteiger partial charge on any atom is -0.491 e. The quantitative estimate of drug-likeness (QED) is 0.688. The largest absolute Gasteiger partial charge is 0.491 e. The molecule has 0 aliphatic heterocycles. The van der Waals surface area contributed by atoms with Crippen LogP contribution in [0.15, 0.2) is 24.3 Å². The molecule has 0 bridgehead atoms. The number of carbonyl (C=O) groups is 1. The molecule has 1 atom stereocenters. The summed E-state index contributed by atoms with van der Waals surface area (Å²) < 4.78 is 14.1. The van der Waals surface area contributed by atoms with Gasteiger partial charge >= 0.3 is 5.97 Å². The number of halogens is 1. The van der Waals surface area contributed by atoms with Gasteiger partial charge in [-0.2, -0.15) is 0 Å². The van der Waals surface area contributed by atoms with E-state index < -0.39 is 12.1 Å². The fraction of sp³-hybridized carbons (Fsp3) is 0.471. The maximum absolute atomic E-state index is 11.7. The second-order valence-electron chi connectivity index (χ2n) is 6.56. The molecule has 0 amide bonds. The van der Waals surface area contributed by atoms with Gasteiger partial charge in [0.15, 0.2) is 4.88 Å². The Hall–Kier alpha value is -1.74. The first-order valence-corrected chi connectivity index (χ1v) is 8.64. The molecule has 1 unspecified atom stereocenters. The van der Waals surface area contributed by atoms with E-state index in [9.17, 15) is 9.90 Å². The van der Waals surface area contributed by atoms with Gasteiger partial charge in [-0.1, -0.05) is 4.49 Å². The van der Waals surface area contributed by atoms with E-state index in [0.29, 0.717) is 22.9 Å². The number of ether oxygens (including phenoxy) is 2.